The fourth-order valence-electron chi connectivity index (χ4n) is 1.96. The van der Waals surface area contributed by atoms with Crippen LogP contribution >= 0.6 is 37.1 Å². The molecule has 3 aromatic carbocycles. The molecule has 0 amide bonds. The zero-order chi connectivity index (χ0) is 14.5. The van der Waals surface area contributed by atoms with Gasteiger partial charge in [-0.25, -0.2) is 0 Å². The topological polar surface area (TPSA) is 0 Å². The van der Waals surface area contributed by atoms with Crippen molar-refractivity contribution in [1.29, 1.82) is 0 Å². The molecule has 0 bridgehead atoms. The summed E-state index contributed by atoms with van der Waals surface area (Å²) in [6, 6.07) is 20.8. The molecule has 5 heteroatoms. The fraction of sp³-hybridized carbons (Fsp3) is 0. The van der Waals surface area contributed by atoms with Gasteiger partial charge in [-0.05, 0) is 0 Å². The summed E-state index contributed by atoms with van der Waals surface area (Å²) in [4.78, 5) is 0. The van der Waals surface area contributed by atoms with E-state index < -0.39 is 18.2 Å². The predicted molar refractivity (Wildman–Crippen MR) is 87.5 cm³/mol. The summed E-state index contributed by atoms with van der Waals surface area (Å²) in [5.41, 5.74) is 2.46. The van der Waals surface area contributed by atoms with Crippen molar-refractivity contribution in [2.75, 3.05) is 0 Å². The van der Waals surface area contributed by atoms with E-state index in [1.165, 1.54) is 21.9 Å². The first kappa shape index (κ1) is 16.5. The van der Waals surface area contributed by atoms with Crippen molar-refractivity contribution in [2.45, 2.75) is 0 Å². The molecule has 3 rings (SSSR count). The maximum atomic E-state index is 5.88. The molecule has 103 valence electrons. The van der Waals surface area contributed by atoms with Gasteiger partial charge in [0.1, 0.15) is 0 Å². The van der Waals surface area contributed by atoms with Gasteiger partial charge < -0.3 is 0 Å². The third-order valence-electron chi connectivity index (χ3n) is 2.80. The second-order valence-corrected chi connectivity index (χ2v) is 15.7. The standard InChI is InChI=1S/C15H10Cl.3ClH.Zr/c16-15-7-5-11(6-8-15)14-9-12-3-1-2-4-13(12)10-14;;;;/h1-10H;3*1H;/q-1;;;;+3/p-3. The molecule has 20 heavy (non-hydrogen) atoms. The van der Waals surface area contributed by atoms with E-state index in [1.54, 1.807) is 0 Å². The normalized spacial score (nSPS) is 10.0. The molecule has 3 aromatic rings. The Kier molecular flexibility index (Phi) is 6.52. The van der Waals surface area contributed by atoms with Gasteiger partial charge >= 0.3 is 43.7 Å². The first-order valence-corrected chi connectivity index (χ1v) is 15.7. The molecule has 0 atom stereocenters. The second-order valence-electron chi connectivity index (χ2n) is 4.09. The molecule has 0 aliphatic rings. The Balaban J connectivity index is 0.000000328. The van der Waals surface area contributed by atoms with Crippen LogP contribution in [0.5, 0.6) is 0 Å². The zero-order valence-electron chi connectivity index (χ0n) is 10.3. The van der Waals surface area contributed by atoms with Crippen LogP contribution < -0.4 is 0 Å². The van der Waals surface area contributed by atoms with Crippen LogP contribution in [0.2, 0.25) is 5.02 Å². The van der Waals surface area contributed by atoms with Crippen molar-refractivity contribution in [1.82, 2.24) is 0 Å². The van der Waals surface area contributed by atoms with Crippen LogP contribution in [0.15, 0.2) is 60.7 Å². The van der Waals surface area contributed by atoms with Crippen LogP contribution in [0.3, 0.4) is 0 Å². The quantitative estimate of drug-likeness (QED) is 0.372. The van der Waals surface area contributed by atoms with Crippen LogP contribution in [-0.4, -0.2) is 0 Å². The van der Waals surface area contributed by atoms with Gasteiger partial charge in [-0.1, -0.05) is 59.6 Å². The monoisotopic (exact) mass is 420 g/mol. The van der Waals surface area contributed by atoms with Gasteiger partial charge in [-0.3, -0.25) is 0 Å². The van der Waals surface area contributed by atoms with E-state index >= 15 is 0 Å². The minimum atomic E-state index is -2.13. The number of hydrogen-bond donors (Lipinski definition) is 0. The number of fused-ring (bicyclic) bond motifs is 1. The van der Waals surface area contributed by atoms with E-state index in [0.29, 0.717) is 0 Å². The molecular formula is C15H10Cl4Zr-. The Hall–Kier alpha value is 0.0931. The van der Waals surface area contributed by atoms with Crippen molar-refractivity contribution < 1.29 is 18.2 Å². The number of hydrogen-bond acceptors (Lipinski definition) is 0. The van der Waals surface area contributed by atoms with E-state index in [4.69, 9.17) is 37.1 Å². The van der Waals surface area contributed by atoms with Crippen molar-refractivity contribution in [3.05, 3.63) is 65.7 Å². The van der Waals surface area contributed by atoms with Gasteiger partial charge in [-0.2, -0.15) is 0 Å². The molecule has 0 saturated carbocycles. The van der Waals surface area contributed by atoms with Gasteiger partial charge in [0.25, 0.3) is 0 Å². The number of halogens is 4. The van der Waals surface area contributed by atoms with Gasteiger partial charge in [0.2, 0.25) is 0 Å². The molecule has 0 N–H and O–H groups in total. The summed E-state index contributed by atoms with van der Waals surface area (Å²) in [5.74, 6) is 0. The molecule has 0 nitrogen and oxygen atoms in total. The molecule has 0 aliphatic heterocycles. The van der Waals surface area contributed by atoms with Crippen molar-refractivity contribution >= 4 is 47.9 Å². The van der Waals surface area contributed by atoms with Crippen LogP contribution in [0, 0.1) is 0 Å². The van der Waals surface area contributed by atoms with Crippen molar-refractivity contribution in [3.8, 4) is 11.1 Å². The van der Waals surface area contributed by atoms with Crippen LogP contribution in [0.25, 0.3) is 21.9 Å². The first-order chi connectivity index (χ1) is 9.56. The second kappa shape index (κ2) is 7.92. The average Bonchev–Trinajstić information content (AvgIpc) is 2.82. The van der Waals surface area contributed by atoms with Crippen LogP contribution in [-0.2, 0) is 18.2 Å². The molecule has 0 aromatic heterocycles. The van der Waals surface area contributed by atoms with E-state index in [0.717, 1.165) is 5.02 Å². The van der Waals surface area contributed by atoms with Crippen LogP contribution in [0.1, 0.15) is 0 Å². The Morgan fingerprint density at radius 1 is 0.850 bits per heavy atom. The van der Waals surface area contributed by atoms with Gasteiger partial charge in [0.05, 0.1) is 0 Å². The number of benzene rings is 2. The number of rotatable bonds is 1. The summed E-state index contributed by atoms with van der Waals surface area (Å²) >= 11 is 3.75. The summed E-state index contributed by atoms with van der Waals surface area (Å²) in [6.07, 6.45) is 0. The molecule has 0 spiro atoms. The summed E-state index contributed by atoms with van der Waals surface area (Å²) in [5, 5.41) is 3.35. The molecule has 0 saturated heterocycles. The van der Waals surface area contributed by atoms with Crippen LogP contribution in [0.4, 0.5) is 0 Å². The predicted octanol–water partition coefficient (Wildman–Crippen LogP) is 6.95. The van der Waals surface area contributed by atoms with E-state index in [1.807, 2.05) is 12.1 Å². The van der Waals surface area contributed by atoms with E-state index in [-0.39, 0.29) is 0 Å². The summed E-state index contributed by atoms with van der Waals surface area (Å²) in [6.45, 7) is 0. The van der Waals surface area contributed by atoms with Crippen molar-refractivity contribution in [3.63, 3.8) is 0 Å². The SMILES string of the molecule is Clc1ccc(-c2cc3ccccc3[cH-]2)cc1.[Cl][Zr]([Cl])[Cl]. The third-order valence-corrected chi connectivity index (χ3v) is 3.05. The Bertz CT molecular complexity index is 638. The summed E-state index contributed by atoms with van der Waals surface area (Å²) < 4.78 is 0. The summed E-state index contributed by atoms with van der Waals surface area (Å²) in [7, 11) is 15.0. The minimum absolute atomic E-state index is 0.778. The first-order valence-electron chi connectivity index (χ1n) is 5.81. The molecule has 0 fully saturated rings. The van der Waals surface area contributed by atoms with E-state index in [2.05, 4.69) is 48.5 Å². The molecule has 0 radical (unpaired) electrons. The zero-order valence-corrected chi connectivity index (χ0v) is 15.8. The molecular weight excluding hydrogens is 413 g/mol. The fourth-order valence-corrected chi connectivity index (χ4v) is 2.09. The molecule has 0 aliphatic carbocycles. The van der Waals surface area contributed by atoms with Gasteiger partial charge in [0.15, 0.2) is 0 Å². The molecule has 0 heterocycles. The van der Waals surface area contributed by atoms with Gasteiger partial charge in [-0.15, -0.1) is 34.5 Å². The Labute approximate surface area is 141 Å². The van der Waals surface area contributed by atoms with Gasteiger partial charge in [0, 0.05) is 5.02 Å². The molecule has 0 unspecified atom stereocenters. The Morgan fingerprint density at radius 3 is 2.05 bits per heavy atom. The third kappa shape index (κ3) is 4.83. The average molecular weight is 423 g/mol. The van der Waals surface area contributed by atoms with Crippen molar-refractivity contribution in [2.24, 2.45) is 0 Å². The Morgan fingerprint density at radius 2 is 1.45 bits per heavy atom. The maximum absolute atomic E-state index is 5.88. The van der Waals surface area contributed by atoms with E-state index in [9.17, 15) is 0 Å².